The van der Waals surface area contributed by atoms with E-state index >= 15 is 0 Å². The highest BCUT2D eigenvalue weighted by Crippen LogP contribution is 2.31. The van der Waals surface area contributed by atoms with Crippen LogP contribution in [0.15, 0.2) is 12.4 Å². The lowest BCUT2D eigenvalue weighted by Gasteiger charge is -2.16. The zero-order valence-corrected chi connectivity index (χ0v) is 11.9. The van der Waals surface area contributed by atoms with Gasteiger partial charge in [0.1, 0.15) is 11.6 Å². The highest BCUT2D eigenvalue weighted by molar-refractivity contribution is 5.86. The summed E-state index contributed by atoms with van der Waals surface area (Å²) in [6.07, 6.45) is 1.72. The molecule has 0 spiro atoms. The average molecular weight is 321 g/mol. The Morgan fingerprint density at radius 3 is 2.96 bits per heavy atom. The topological polar surface area (TPSA) is 157 Å². The molecule has 0 saturated carbocycles. The van der Waals surface area contributed by atoms with E-state index in [4.69, 9.17) is 20.7 Å². The first-order valence-corrected chi connectivity index (χ1v) is 6.85. The molecular weight excluding hydrogens is 306 g/mol. The van der Waals surface area contributed by atoms with E-state index in [1.54, 1.807) is 0 Å². The molecule has 23 heavy (non-hydrogen) atoms. The van der Waals surface area contributed by atoms with Crippen LogP contribution in [0.1, 0.15) is 18.5 Å². The van der Waals surface area contributed by atoms with Gasteiger partial charge in [-0.05, 0) is 6.08 Å². The molecule has 2 aromatic rings. The summed E-state index contributed by atoms with van der Waals surface area (Å²) >= 11 is 0. The van der Waals surface area contributed by atoms with Gasteiger partial charge >= 0.3 is 5.97 Å². The van der Waals surface area contributed by atoms with Gasteiger partial charge in [0.2, 0.25) is 0 Å². The maximum absolute atomic E-state index is 10.6. The van der Waals surface area contributed by atoms with Gasteiger partial charge in [-0.3, -0.25) is 4.57 Å². The number of aliphatic carboxylic acids is 1. The van der Waals surface area contributed by atoms with Gasteiger partial charge in [-0.15, -0.1) is 0 Å². The zero-order valence-electron chi connectivity index (χ0n) is 11.9. The Kier molecular flexibility index (Phi) is 3.94. The highest BCUT2D eigenvalue weighted by Gasteiger charge is 2.36. The molecule has 0 aromatic carbocycles. The van der Waals surface area contributed by atoms with Gasteiger partial charge in [-0.25, -0.2) is 19.7 Å². The third-order valence-electron chi connectivity index (χ3n) is 3.48. The van der Waals surface area contributed by atoms with E-state index in [1.807, 2.05) is 0 Å². The smallest absolute Gasteiger partial charge is 0.328 e. The van der Waals surface area contributed by atoms with Crippen LogP contribution in [0.5, 0.6) is 0 Å². The van der Waals surface area contributed by atoms with Crippen LogP contribution in [0, 0.1) is 0 Å². The second-order valence-electron chi connectivity index (χ2n) is 5.10. The lowest BCUT2D eigenvalue weighted by Crippen LogP contribution is -2.19. The quantitative estimate of drug-likeness (QED) is 0.526. The van der Waals surface area contributed by atoms with Crippen LogP contribution in [0.3, 0.4) is 0 Å². The second kappa shape index (κ2) is 5.91. The summed E-state index contributed by atoms with van der Waals surface area (Å²) in [5.41, 5.74) is 6.44. The van der Waals surface area contributed by atoms with Crippen molar-refractivity contribution < 1.29 is 24.9 Å². The summed E-state index contributed by atoms with van der Waals surface area (Å²) in [6.45, 7) is -0.204. The number of ether oxygens (including phenoxy) is 1. The van der Waals surface area contributed by atoms with Crippen molar-refractivity contribution in [2.75, 3.05) is 12.3 Å². The number of carboxylic acids is 1. The predicted molar refractivity (Wildman–Crippen MR) is 78.0 cm³/mol. The van der Waals surface area contributed by atoms with Gasteiger partial charge in [0.05, 0.1) is 19.0 Å². The molecule has 2 aromatic heterocycles. The molecule has 1 saturated heterocycles. The Balaban J connectivity index is 2.03. The molecule has 3 rings (SSSR count). The highest BCUT2D eigenvalue weighted by atomic mass is 16.5. The summed E-state index contributed by atoms with van der Waals surface area (Å²) < 4.78 is 7.05. The van der Waals surface area contributed by atoms with E-state index in [9.17, 15) is 9.90 Å². The molecule has 5 N–H and O–H groups in total. The minimum atomic E-state index is -1.14. The summed E-state index contributed by atoms with van der Waals surface area (Å²) in [6, 6.07) is 0. The summed E-state index contributed by atoms with van der Waals surface area (Å²) in [5, 5.41) is 27.9. The minimum absolute atomic E-state index is 0.0879. The van der Waals surface area contributed by atoms with Crippen molar-refractivity contribution in [1.82, 2.24) is 19.5 Å². The molecule has 3 heterocycles. The molecule has 0 radical (unpaired) electrons. The number of rotatable bonds is 4. The van der Waals surface area contributed by atoms with Crippen molar-refractivity contribution in [3.05, 3.63) is 18.2 Å². The van der Waals surface area contributed by atoms with Crippen molar-refractivity contribution in [3.63, 3.8) is 0 Å². The Labute approximate surface area is 129 Å². The monoisotopic (exact) mass is 321 g/mol. The first-order valence-electron chi connectivity index (χ1n) is 6.85. The van der Waals surface area contributed by atoms with E-state index < -0.39 is 24.4 Å². The maximum atomic E-state index is 10.6. The van der Waals surface area contributed by atoms with Crippen LogP contribution in [0.2, 0.25) is 0 Å². The van der Waals surface area contributed by atoms with Gasteiger partial charge in [0.15, 0.2) is 23.5 Å². The molecular formula is C13H15N5O5. The number of carbonyl (C=O) groups is 1. The molecule has 0 amide bonds. The Bertz CT molecular complexity index is 773. The predicted octanol–water partition coefficient (Wildman–Crippen LogP) is -0.853. The summed E-state index contributed by atoms with van der Waals surface area (Å²) in [7, 11) is 0. The number of nitrogens with zero attached hydrogens (tertiary/aromatic N) is 4. The molecule has 1 aliphatic heterocycles. The maximum Gasteiger partial charge on any atom is 0.328 e. The van der Waals surface area contributed by atoms with Crippen molar-refractivity contribution in [1.29, 1.82) is 0 Å². The van der Waals surface area contributed by atoms with Crippen LogP contribution in [-0.4, -0.2) is 59.6 Å². The molecule has 1 fully saturated rings. The number of nitrogens with two attached hydrogens (primary N) is 1. The number of hydrogen-bond acceptors (Lipinski definition) is 8. The summed E-state index contributed by atoms with van der Waals surface area (Å²) in [4.78, 5) is 22.9. The first-order chi connectivity index (χ1) is 11.0. The van der Waals surface area contributed by atoms with Crippen LogP contribution in [0.25, 0.3) is 17.2 Å². The number of fused-ring (bicyclic) bond motifs is 1. The van der Waals surface area contributed by atoms with Crippen molar-refractivity contribution >= 4 is 29.0 Å². The van der Waals surface area contributed by atoms with Crippen LogP contribution >= 0.6 is 0 Å². The average Bonchev–Trinajstić information content (AvgIpc) is 3.08. The number of aliphatic hydroxyl groups is 2. The molecule has 0 aliphatic carbocycles. The van der Waals surface area contributed by atoms with Crippen molar-refractivity contribution in [3.8, 4) is 0 Å². The van der Waals surface area contributed by atoms with E-state index in [1.165, 1.54) is 17.0 Å². The molecule has 122 valence electrons. The van der Waals surface area contributed by atoms with E-state index in [0.29, 0.717) is 11.2 Å². The number of hydrogen-bond donors (Lipinski definition) is 4. The minimum Gasteiger partial charge on any atom is -0.478 e. The Morgan fingerprint density at radius 1 is 1.52 bits per heavy atom. The van der Waals surface area contributed by atoms with Crippen LogP contribution < -0.4 is 5.73 Å². The lowest BCUT2D eigenvalue weighted by atomic mass is 10.2. The van der Waals surface area contributed by atoms with Crippen molar-refractivity contribution in [2.45, 2.75) is 24.9 Å². The number of aromatic nitrogens is 4. The third kappa shape index (κ3) is 2.86. The Morgan fingerprint density at radius 2 is 2.30 bits per heavy atom. The fourth-order valence-electron chi connectivity index (χ4n) is 2.46. The van der Waals surface area contributed by atoms with Gasteiger partial charge in [-0.2, -0.15) is 0 Å². The van der Waals surface area contributed by atoms with Gasteiger partial charge in [0.25, 0.3) is 0 Å². The molecule has 10 heteroatoms. The number of carboxylic acid groups (broad SMARTS) is 1. The standard InChI is InChI=1S/C13H15N5O5/c14-11-10-12(17-8(16-11)1-2-9(21)22)18(5-15-10)13-7(20)3-6(4-19)23-13/h1-2,5-7,13,19-20H,3-4H2,(H,21,22)(H2,14,16,17)/b2-1+/t6-,7-,13+/m0/s1. The van der Waals surface area contributed by atoms with E-state index in [0.717, 1.165) is 6.08 Å². The van der Waals surface area contributed by atoms with Crippen LogP contribution in [-0.2, 0) is 9.53 Å². The lowest BCUT2D eigenvalue weighted by molar-refractivity contribution is -0.131. The van der Waals surface area contributed by atoms with Gasteiger partial charge in [0, 0.05) is 12.5 Å². The van der Waals surface area contributed by atoms with Crippen molar-refractivity contribution in [2.24, 2.45) is 0 Å². The number of anilines is 1. The van der Waals surface area contributed by atoms with E-state index in [-0.39, 0.29) is 24.7 Å². The fraction of sp³-hybridized carbons (Fsp3) is 0.385. The SMILES string of the molecule is Nc1nc(/C=C/C(=O)O)nc2c1ncn2[C@@H]1O[C@H](CO)C[C@@H]1O. The fourth-order valence-corrected chi connectivity index (χ4v) is 2.46. The van der Waals surface area contributed by atoms with Gasteiger partial charge < -0.3 is 25.8 Å². The largest absolute Gasteiger partial charge is 0.478 e. The molecule has 0 bridgehead atoms. The number of nitrogen functional groups attached to an aromatic ring is 1. The first kappa shape index (κ1) is 15.3. The third-order valence-corrected chi connectivity index (χ3v) is 3.48. The van der Waals surface area contributed by atoms with E-state index in [2.05, 4.69) is 15.0 Å². The molecule has 1 aliphatic rings. The zero-order chi connectivity index (χ0) is 16.6. The number of imidazole rings is 1. The molecule has 10 nitrogen and oxygen atoms in total. The number of aliphatic hydroxyl groups excluding tert-OH is 2. The normalized spacial score (nSPS) is 24.7. The van der Waals surface area contributed by atoms with Gasteiger partial charge in [-0.1, -0.05) is 0 Å². The van der Waals surface area contributed by atoms with Crippen LogP contribution in [0.4, 0.5) is 5.82 Å². The molecule has 0 unspecified atom stereocenters. The Hall–Kier alpha value is -2.56. The molecule has 3 atom stereocenters. The summed E-state index contributed by atoms with van der Waals surface area (Å²) in [5.74, 6) is -0.948. The second-order valence-corrected chi connectivity index (χ2v) is 5.10.